The standard InChI is InChI=1S/C17H17BrO/c18-16-8-4-7-13-11-14(9-10-15(13)16)17(19)12-5-2-1-3-6-12/h4,7-12H,1-3,5-6H2. The van der Waals surface area contributed by atoms with E-state index in [0.29, 0.717) is 5.78 Å². The Hall–Kier alpha value is -1.15. The van der Waals surface area contributed by atoms with E-state index in [1.807, 2.05) is 24.3 Å². The van der Waals surface area contributed by atoms with E-state index in [4.69, 9.17) is 0 Å². The Kier molecular flexibility index (Phi) is 3.69. The predicted molar refractivity (Wildman–Crippen MR) is 82.6 cm³/mol. The molecule has 0 heterocycles. The van der Waals surface area contributed by atoms with Crippen LogP contribution < -0.4 is 0 Å². The molecule has 0 amide bonds. The summed E-state index contributed by atoms with van der Waals surface area (Å²) < 4.78 is 1.08. The van der Waals surface area contributed by atoms with Crippen molar-refractivity contribution < 1.29 is 4.79 Å². The molecular weight excluding hydrogens is 300 g/mol. The van der Waals surface area contributed by atoms with Gasteiger partial charge in [0.1, 0.15) is 0 Å². The van der Waals surface area contributed by atoms with E-state index in [-0.39, 0.29) is 5.92 Å². The number of carbonyl (C=O) groups excluding carboxylic acids is 1. The lowest BCUT2D eigenvalue weighted by Gasteiger charge is -2.20. The summed E-state index contributed by atoms with van der Waals surface area (Å²) >= 11 is 3.55. The second kappa shape index (κ2) is 5.46. The fraction of sp³-hybridized carbons (Fsp3) is 0.353. The molecule has 3 rings (SSSR count). The highest BCUT2D eigenvalue weighted by molar-refractivity contribution is 9.10. The molecule has 1 aliphatic rings. The third kappa shape index (κ3) is 2.59. The fourth-order valence-electron chi connectivity index (χ4n) is 3.00. The van der Waals surface area contributed by atoms with Crippen LogP contribution in [-0.2, 0) is 0 Å². The first kappa shape index (κ1) is 12.9. The average Bonchev–Trinajstić information content (AvgIpc) is 2.47. The SMILES string of the molecule is O=C(c1ccc2c(Br)cccc2c1)C1CCCCC1. The maximum Gasteiger partial charge on any atom is 0.165 e. The van der Waals surface area contributed by atoms with Crippen LogP contribution in [0.15, 0.2) is 40.9 Å². The molecule has 1 fully saturated rings. The van der Waals surface area contributed by atoms with E-state index in [2.05, 4.69) is 28.1 Å². The monoisotopic (exact) mass is 316 g/mol. The third-order valence-corrected chi connectivity index (χ3v) is 4.78. The molecule has 19 heavy (non-hydrogen) atoms. The summed E-state index contributed by atoms with van der Waals surface area (Å²) in [6.45, 7) is 0. The molecule has 0 bridgehead atoms. The average molecular weight is 317 g/mol. The minimum Gasteiger partial charge on any atom is -0.294 e. The van der Waals surface area contributed by atoms with Gasteiger partial charge in [0.05, 0.1) is 0 Å². The highest BCUT2D eigenvalue weighted by Crippen LogP contribution is 2.29. The molecule has 0 aliphatic heterocycles. The maximum absolute atomic E-state index is 12.5. The molecule has 1 aliphatic carbocycles. The van der Waals surface area contributed by atoms with Crippen molar-refractivity contribution in [1.29, 1.82) is 0 Å². The largest absolute Gasteiger partial charge is 0.294 e. The summed E-state index contributed by atoms with van der Waals surface area (Å²) in [5, 5.41) is 2.30. The Balaban J connectivity index is 1.94. The molecule has 1 saturated carbocycles. The lowest BCUT2D eigenvalue weighted by molar-refractivity contribution is 0.0889. The molecule has 0 unspecified atom stereocenters. The summed E-state index contributed by atoms with van der Waals surface area (Å²) in [7, 11) is 0. The fourth-order valence-corrected chi connectivity index (χ4v) is 3.51. The van der Waals surface area contributed by atoms with Gasteiger partial charge in [-0.3, -0.25) is 4.79 Å². The second-order valence-electron chi connectivity index (χ2n) is 5.37. The second-order valence-corrected chi connectivity index (χ2v) is 6.23. The Morgan fingerprint density at radius 3 is 2.63 bits per heavy atom. The molecule has 2 aromatic carbocycles. The van der Waals surface area contributed by atoms with Gasteiger partial charge in [-0.1, -0.05) is 59.5 Å². The van der Waals surface area contributed by atoms with E-state index in [1.165, 1.54) is 24.6 Å². The zero-order valence-electron chi connectivity index (χ0n) is 10.9. The quantitative estimate of drug-likeness (QED) is 0.681. The van der Waals surface area contributed by atoms with Crippen molar-refractivity contribution in [3.8, 4) is 0 Å². The molecule has 2 aromatic rings. The summed E-state index contributed by atoms with van der Waals surface area (Å²) in [4.78, 5) is 12.5. The zero-order valence-corrected chi connectivity index (χ0v) is 12.4. The zero-order chi connectivity index (χ0) is 13.2. The number of benzene rings is 2. The van der Waals surface area contributed by atoms with Gasteiger partial charge in [-0.25, -0.2) is 0 Å². The van der Waals surface area contributed by atoms with E-state index >= 15 is 0 Å². The molecule has 98 valence electrons. The number of Topliss-reactive ketones (excluding diaryl/α,β-unsaturated/α-hetero) is 1. The Bertz CT molecular complexity index is 612. The summed E-state index contributed by atoms with van der Waals surface area (Å²) in [5.41, 5.74) is 0.873. The Morgan fingerprint density at radius 2 is 1.84 bits per heavy atom. The van der Waals surface area contributed by atoms with Crippen LogP contribution in [0.5, 0.6) is 0 Å². The Labute approximate surface area is 122 Å². The number of carbonyl (C=O) groups is 1. The van der Waals surface area contributed by atoms with Gasteiger partial charge in [-0.15, -0.1) is 0 Å². The van der Waals surface area contributed by atoms with Crippen LogP contribution in [0.1, 0.15) is 42.5 Å². The van der Waals surface area contributed by atoms with E-state index in [1.54, 1.807) is 0 Å². The normalized spacial score (nSPS) is 16.7. The molecule has 1 nitrogen and oxygen atoms in total. The van der Waals surface area contributed by atoms with Crippen LogP contribution in [0.3, 0.4) is 0 Å². The highest BCUT2D eigenvalue weighted by Gasteiger charge is 2.22. The van der Waals surface area contributed by atoms with Gasteiger partial charge in [0.15, 0.2) is 5.78 Å². The topological polar surface area (TPSA) is 17.1 Å². The molecular formula is C17H17BrO. The first-order valence-corrected chi connectivity index (χ1v) is 7.77. The number of hydrogen-bond donors (Lipinski definition) is 0. The summed E-state index contributed by atoms with van der Waals surface area (Å²) in [6.07, 6.45) is 5.82. The molecule has 0 atom stereocenters. The summed E-state index contributed by atoms with van der Waals surface area (Å²) in [6, 6.07) is 12.2. The van der Waals surface area contributed by atoms with E-state index in [0.717, 1.165) is 28.3 Å². The van der Waals surface area contributed by atoms with Crippen LogP contribution in [0.4, 0.5) is 0 Å². The lowest BCUT2D eigenvalue weighted by Crippen LogP contribution is -2.17. The van der Waals surface area contributed by atoms with Gasteiger partial charge in [-0.2, -0.15) is 0 Å². The van der Waals surface area contributed by atoms with E-state index < -0.39 is 0 Å². The van der Waals surface area contributed by atoms with Crippen LogP contribution in [0.2, 0.25) is 0 Å². The van der Waals surface area contributed by atoms with E-state index in [9.17, 15) is 4.79 Å². The summed E-state index contributed by atoms with van der Waals surface area (Å²) in [5.74, 6) is 0.583. The smallest absolute Gasteiger partial charge is 0.165 e. The van der Waals surface area contributed by atoms with Crippen molar-refractivity contribution in [2.75, 3.05) is 0 Å². The highest BCUT2D eigenvalue weighted by atomic mass is 79.9. The van der Waals surface area contributed by atoms with Gasteiger partial charge in [0.2, 0.25) is 0 Å². The van der Waals surface area contributed by atoms with Crippen LogP contribution in [-0.4, -0.2) is 5.78 Å². The maximum atomic E-state index is 12.5. The molecule has 0 saturated heterocycles. The van der Waals surface area contributed by atoms with Crippen molar-refractivity contribution in [2.24, 2.45) is 5.92 Å². The number of fused-ring (bicyclic) bond motifs is 1. The molecule has 2 heteroatoms. The number of halogens is 1. The minimum absolute atomic E-state index is 0.248. The van der Waals surface area contributed by atoms with Crippen molar-refractivity contribution in [1.82, 2.24) is 0 Å². The molecule has 0 spiro atoms. The molecule has 0 aromatic heterocycles. The first-order chi connectivity index (χ1) is 9.25. The van der Waals surface area contributed by atoms with Crippen molar-refractivity contribution in [3.05, 3.63) is 46.4 Å². The Morgan fingerprint density at radius 1 is 1.05 bits per heavy atom. The number of rotatable bonds is 2. The van der Waals surface area contributed by atoms with Crippen LogP contribution in [0.25, 0.3) is 10.8 Å². The van der Waals surface area contributed by atoms with Gasteiger partial charge >= 0.3 is 0 Å². The van der Waals surface area contributed by atoms with Crippen molar-refractivity contribution in [2.45, 2.75) is 32.1 Å². The van der Waals surface area contributed by atoms with Crippen LogP contribution >= 0.6 is 15.9 Å². The third-order valence-electron chi connectivity index (χ3n) is 4.09. The number of ketones is 1. The molecule has 0 N–H and O–H groups in total. The van der Waals surface area contributed by atoms with Crippen molar-refractivity contribution >= 4 is 32.5 Å². The van der Waals surface area contributed by atoms with Crippen molar-refractivity contribution in [3.63, 3.8) is 0 Å². The lowest BCUT2D eigenvalue weighted by atomic mass is 9.83. The van der Waals surface area contributed by atoms with Gasteiger partial charge in [0, 0.05) is 16.0 Å². The predicted octanol–water partition coefficient (Wildman–Crippen LogP) is 5.37. The number of hydrogen-bond acceptors (Lipinski definition) is 1. The van der Waals surface area contributed by atoms with Gasteiger partial charge in [-0.05, 0) is 35.7 Å². The minimum atomic E-state index is 0.248. The first-order valence-electron chi connectivity index (χ1n) is 6.98. The van der Waals surface area contributed by atoms with Gasteiger partial charge < -0.3 is 0 Å². The molecule has 0 radical (unpaired) electrons. The van der Waals surface area contributed by atoms with Gasteiger partial charge in [0.25, 0.3) is 0 Å². The van der Waals surface area contributed by atoms with Crippen LogP contribution in [0, 0.1) is 5.92 Å².